The molecule has 3 heteroatoms. The molecule has 2 aliphatic rings. The van der Waals surface area contributed by atoms with Crippen LogP contribution in [0.1, 0.15) is 88.7 Å². The van der Waals surface area contributed by atoms with Crippen LogP contribution in [-0.2, 0) is 6.42 Å². The summed E-state index contributed by atoms with van der Waals surface area (Å²) in [7, 11) is 0. The Morgan fingerprint density at radius 3 is 1.89 bits per heavy atom. The van der Waals surface area contributed by atoms with Gasteiger partial charge in [-0.25, -0.2) is 4.39 Å². The molecule has 1 aromatic rings. The number of rotatable bonds is 6. The van der Waals surface area contributed by atoms with Crippen LogP contribution in [0.25, 0.3) is 0 Å². The molecule has 1 nitrogen and oxygen atoms in total. The third-order valence-electron chi connectivity index (χ3n) is 7.42. The summed E-state index contributed by atoms with van der Waals surface area (Å²) in [5.41, 5.74) is 0.838. The Kier molecular flexibility index (Phi) is 7.16. The quantitative estimate of drug-likeness (QED) is 0.549. The molecule has 0 amide bonds. The number of hydrogen-bond donors (Lipinski definition) is 1. The molecule has 0 aliphatic heterocycles. The van der Waals surface area contributed by atoms with Crippen LogP contribution in [-0.4, -0.2) is 5.11 Å². The van der Waals surface area contributed by atoms with Gasteiger partial charge in [0, 0.05) is 0 Å². The average molecular weight is 379 g/mol. The Labute approximate surface area is 163 Å². The topological polar surface area (TPSA) is 20.2 Å². The van der Waals surface area contributed by atoms with E-state index < -0.39 is 17.4 Å². The lowest BCUT2D eigenvalue weighted by molar-refractivity contribution is 0.141. The number of hydrogen-bond acceptors (Lipinski definition) is 1. The minimum Gasteiger partial charge on any atom is -0.505 e. The summed E-state index contributed by atoms with van der Waals surface area (Å²) >= 11 is 0. The van der Waals surface area contributed by atoms with Crippen LogP contribution < -0.4 is 0 Å². The van der Waals surface area contributed by atoms with Gasteiger partial charge in [-0.15, -0.1) is 0 Å². The normalized spacial score (nSPS) is 29.0. The monoisotopic (exact) mass is 378 g/mol. The third-order valence-corrected chi connectivity index (χ3v) is 7.42. The zero-order chi connectivity index (χ0) is 19.4. The molecule has 0 atom stereocenters. The SMILES string of the molecule is CCCC1CCC(C2CCC(CCc3cc(C)c(O)c(F)c3F)CC2)CC1. The highest BCUT2D eigenvalue weighted by atomic mass is 19.2. The zero-order valence-corrected chi connectivity index (χ0v) is 17.1. The molecule has 0 bridgehead atoms. The number of aromatic hydroxyl groups is 1. The number of phenols is 1. The molecule has 1 aromatic carbocycles. The van der Waals surface area contributed by atoms with Crippen LogP contribution in [0.3, 0.4) is 0 Å². The van der Waals surface area contributed by atoms with Gasteiger partial charge in [0.1, 0.15) is 0 Å². The fraction of sp³-hybridized carbons (Fsp3) is 0.750. The van der Waals surface area contributed by atoms with Gasteiger partial charge in [-0.3, -0.25) is 0 Å². The molecule has 2 fully saturated rings. The Morgan fingerprint density at radius 1 is 0.852 bits per heavy atom. The maximum absolute atomic E-state index is 14.1. The van der Waals surface area contributed by atoms with Crippen LogP contribution in [0.15, 0.2) is 6.07 Å². The van der Waals surface area contributed by atoms with Crippen molar-refractivity contribution in [1.29, 1.82) is 0 Å². The largest absolute Gasteiger partial charge is 0.505 e. The first-order valence-corrected chi connectivity index (χ1v) is 11.2. The fourth-order valence-corrected chi connectivity index (χ4v) is 5.66. The highest BCUT2D eigenvalue weighted by Gasteiger charge is 2.30. The summed E-state index contributed by atoms with van der Waals surface area (Å²) in [4.78, 5) is 0. The Bertz CT molecular complexity index is 611. The molecular weight excluding hydrogens is 342 g/mol. The minimum atomic E-state index is -1.09. The maximum Gasteiger partial charge on any atom is 0.200 e. The van der Waals surface area contributed by atoms with E-state index >= 15 is 0 Å². The fourth-order valence-electron chi connectivity index (χ4n) is 5.66. The van der Waals surface area contributed by atoms with Crippen molar-refractivity contribution >= 4 is 0 Å². The van der Waals surface area contributed by atoms with E-state index in [9.17, 15) is 13.9 Å². The van der Waals surface area contributed by atoms with Gasteiger partial charge in [0.2, 0.25) is 5.82 Å². The average Bonchev–Trinajstić information content (AvgIpc) is 2.69. The first-order valence-electron chi connectivity index (χ1n) is 11.2. The molecule has 1 N–H and O–H groups in total. The van der Waals surface area contributed by atoms with Crippen molar-refractivity contribution in [2.45, 2.75) is 90.9 Å². The minimum absolute atomic E-state index is 0.416. The number of aryl methyl sites for hydroxylation is 2. The van der Waals surface area contributed by atoms with Gasteiger partial charge in [0.05, 0.1) is 0 Å². The second kappa shape index (κ2) is 9.39. The molecule has 2 saturated carbocycles. The van der Waals surface area contributed by atoms with E-state index in [0.29, 0.717) is 23.5 Å². The Balaban J connectivity index is 1.44. The van der Waals surface area contributed by atoms with Crippen molar-refractivity contribution < 1.29 is 13.9 Å². The maximum atomic E-state index is 14.1. The standard InChI is InChI=1S/C24H36F2O/c1-3-4-17-5-10-19(11-6-17)20-12-7-18(8-13-20)9-14-21-15-16(2)24(27)23(26)22(21)25/h15,17-20,27H,3-14H2,1-2H3. The lowest BCUT2D eigenvalue weighted by Gasteiger charge is -2.38. The van der Waals surface area contributed by atoms with Crippen molar-refractivity contribution in [3.8, 4) is 5.75 Å². The lowest BCUT2D eigenvalue weighted by atomic mass is 9.68. The van der Waals surface area contributed by atoms with Crippen molar-refractivity contribution in [3.05, 3.63) is 28.8 Å². The van der Waals surface area contributed by atoms with Crippen LogP contribution in [0.4, 0.5) is 8.78 Å². The summed E-state index contributed by atoms with van der Waals surface area (Å²) in [6.07, 6.45) is 15.1. The van der Waals surface area contributed by atoms with Gasteiger partial charge in [-0.2, -0.15) is 4.39 Å². The first-order chi connectivity index (χ1) is 13.0. The van der Waals surface area contributed by atoms with E-state index in [2.05, 4.69) is 6.92 Å². The molecule has 27 heavy (non-hydrogen) atoms. The van der Waals surface area contributed by atoms with Crippen molar-refractivity contribution in [2.75, 3.05) is 0 Å². The van der Waals surface area contributed by atoms with E-state index in [-0.39, 0.29) is 0 Å². The summed E-state index contributed by atoms with van der Waals surface area (Å²) < 4.78 is 27.8. The Hall–Kier alpha value is -1.12. The van der Waals surface area contributed by atoms with Gasteiger partial charge in [0.25, 0.3) is 0 Å². The van der Waals surface area contributed by atoms with E-state index in [1.807, 2.05) is 0 Å². The summed E-state index contributed by atoms with van der Waals surface area (Å²) in [5, 5.41) is 9.51. The first kappa shape index (κ1) is 20.6. The van der Waals surface area contributed by atoms with E-state index in [0.717, 1.165) is 24.2 Å². The zero-order valence-electron chi connectivity index (χ0n) is 17.1. The molecule has 2 aliphatic carbocycles. The predicted octanol–water partition coefficient (Wildman–Crippen LogP) is 7.32. The molecule has 0 spiro atoms. The van der Waals surface area contributed by atoms with Crippen molar-refractivity contribution in [1.82, 2.24) is 0 Å². The molecule has 0 heterocycles. The lowest BCUT2D eigenvalue weighted by Crippen LogP contribution is -2.26. The van der Waals surface area contributed by atoms with Crippen LogP contribution >= 0.6 is 0 Å². The number of phenolic OH excluding ortho intramolecular Hbond substituents is 1. The van der Waals surface area contributed by atoms with Crippen LogP contribution in [0.5, 0.6) is 5.75 Å². The molecule has 0 saturated heterocycles. The molecule has 3 rings (SSSR count). The summed E-state index contributed by atoms with van der Waals surface area (Å²) in [6.45, 7) is 3.93. The number of halogens is 2. The van der Waals surface area contributed by atoms with Crippen LogP contribution in [0.2, 0.25) is 0 Å². The molecular formula is C24H36F2O. The predicted molar refractivity (Wildman–Crippen MR) is 107 cm³/mol. The number of benzene rings is 1. The van der Waals surface area contributed by atoms with E-state index in [1.165, 1.54) is 64.2 Å². The van der Waals surface area contributed by atoms with Gasteiger partial charge in [-0.05, 0) is 86.3 Å². The van der Waals surface area contributed by atoms with Crippen LogP contribution in [0, 0.1) is 42.2 Å². The van der Waals surface area contributed by atoms with Gasteiger partial charge < -0.3 is 5.11 Å². The van der Waals surface area contributed by atoms with Gasteiger partial charge >= 0.3 is 0 Å². The smallest absolute Gasteiger partial charge is 0.200 e. The van der Waals surface area contributed by atoms with E-state index in [4.69, 9.17) is 0 Å². The molecule has 0 aromatic heterocycles. The second-order valence-corrected chi connectivity index (χ2v) is 9.22. The van der Waals surface area contributed by atoms with Gasteiger partial charge in [0.15, 0.2) is 11.6 Å². The summed E-state index contributed by atoms with van der Waals surface area (Å²) in [6, 6.07) is 1.61. The second-order valence-electron chi connectivity index (χ2n) is 9.22. The van der Waals surface area contributed by atoms with Crippen molar-refractivity contribution in [2.24, 2.45) is 23.7 Å². The molecule has 0 unspecified atom stereocenters. The van der Waals surface area contributed by atoms with E-state index in [1.54, 1.807) is 13.0 Å². The Morgan fingerprint density at radius 2 is 1.37 bits per heavy atom. The molecule has 0 radical (unpaired) electrons. The highest BCUT2D eigenvalue weighted by Crippen LogP contribution is 2.43. The summed E-state index contributed by atoms with van der Waals surface area (Å²) in [5.74, 6) is 0.939. The van der Waals surface area contributed by atoms with Gasteiger partial charge in [-0.1, -0.05) is 45.4 Å². The molecule has 152 valence electrons. The van der Waals surface area contributed by atoms with Crippen molar-refractivity contribution in [3.63, 3.8) is 0 Å². The third kappa shape index (κ3) is 5.03. The highest BCUT2D eigenvalue weighted by molar-refractivity contribution is 5.37.